The molecule has 1 aromatic rings. The summed E-state index contributed by atoms with van der Waals surface area (Å²) in [4.78, 5) is 14.4. The van der Waals surface area contributed by atoms with Crippen LogP contribution in [0.25, 0.3) is 0 Å². The summed E-state index contributed by atoms with van der Waals surface area (Å²) in [6.07, 6.45) is 4.77. The van der Waals surface area contributed by atoms with Gasteiger partial charge >= 0.3 is 0 Å². The number of nitrogens with one attached hydrogen (secondary N) is 1. The van der Waals surface area contributed by atoms with Crippen LogP contribution in [0.1, 0.15) is 38.2 Å². The average molecular weight is 357 g/mol. The zero-order valence-corrected chi connectivity index (χ0v) is 15.3. The third kappa shape index (κ3) is 6.70. The van der Waals surface area contributed by atoms with Crippen molar-refractivity contribution in [2.45, 2.75) is 39.0 Å². The van der Waals surface area contributed by atoms with Gasteiger partial charge in [-0.05, 0) is 62.4 Å². The van der Waals surface area contributed by atoms with Gasteiger partial charge in [0, 0.05) is 29.6 Å². The van der Waals surface area contributed by atoms with E-state index in [-0.39, 0.29) is 5.91 Å². The molecule has 1 fully saturated rings. The summed E-state index contributed by atoms with van der Waals surface area (Å²) in [5, 5.41) is 4.25. The van der Waals surface area contributed by atoms with Crippen molar-refractivity contribution in [1.29, 1.82) is 0 Å². The second-order valence-corrected chi connectivity index (χ2v) is 7.33. The third-order valence-corrected chi connectivity index (χ3v) is 4.94. The molecule has 1 aliphatic rings. The Morgan fingerprint density at radius 2 is 2.22 bits per heavy atom. The van der Waals surface area contributed by atoms with Crippen LogP contribution in [-0.4, -0.2) is 37.0 Å². The molecule has 5 heteroatoms. The fourth-order valence-electron chi connectivity index (χ4n) is 3.08. The summed E-state index contributed by atoms with van der Waals surface area (Å²) in [5.41, 5.74) is 0.966. The number of hydrogen-bond donors (Lipinski definition) is 1. The molecule has 0 saturated carbocycles. The lowest BCUT2D eigenvalue weighted by molar-refractivity contribution is -0.121. The first-order valence-corrected chi connectivity index (χ1v) is 9.23. The number of nitrogens with zero attached hydrogens (tertiary/aromatic N) is 1. The maximum absolute atomic E-state index is 11.9. The van der Waals surface area contributed by atoms with Crippen LogP contribution < -0.4 is 5.32 Å². The van der Waals surface area contributed by atoms with Crippen LogP contribution in [0.5, 0.6) is 0 Å². The number of benzene rings is 1. The first-order chi connectivity index (χ1) is 11.0. The number of carbonyl (C=O) groups excluding carboxylic acids is 1. The fourth-order valence-corrected chi connectivity index (χ4v) is 3.58. The summed E-state index contributed by atoms with van der Waals surface area (Å²) in [5.74, 6) is 0.894. The van der Waals surface area contributed by atoms with E-state index < -0.39 is 0 Å². The minimum Gasteiger partial charge on any atom is -0.356 e. The van der Waals surface area contributed by atoms with Gasteiger partial charge in [-0.3, -0.25) is 4.79 Å². The van der Waals surface area contributed by atoms with Crippen molar-refractivity contribution in [3.8, 4) is 0 Å². The second kappa shape index (κ2) is 9.51. The molecule has 1 aliphatic heterocycles. The standard InChI is InChI=1S/C18H26Cl2N2O/c1-14-4-2-10-22(13-14)11-3-9-21-18(23)8-6-15-5-7-16(19)12-17(15)20/h5,7,12,14H,2-4,6,8-11,13H2,1H3,(H,21,23)/t14-/m0/s1. The molecule has 1 saturated heterocycles. The molecule has 1 atom stereocenters. The molecular weight excluding hydrogens is 331 g/mol. The monoisotopic (exact) mass is 356 g/mol. The number of carbonyl (C=O) groups is 1. The van der Waals surface area contributed by atoms with Crippen LogP contribution >= 0.6 is 23.2 Å². The SMILES string of the molecule is C[C@H]1CCCN(CCCNC(=O)CCc2ccc(Cl)cc2Cl)C1. The van der Waals surface area contributed by atoms with E-state index in [9.17, 15) is 4.79 Å². The molecular formula is C18H26Cl2N2O. The van der Waals surface area contributed by atoms with Gasteiger partial charge in [-0.15, -0.1) is 0 Å². The predicted octanol–water partition coefficient (Wildman–Crippen LogP) is 4.16. The van der Waals surface area contributed by atoms with Crippen LogP contribution in [0.3, 0.4) is 0 Å². The molecule has 23 heavy (non-hydrogen) atoms. The molecule has 1 heterocycles. The highest BCUT2D eigenvalue weighted by Crippen LogP contribution is 2.22. The quantitative estimate of drug-likeness (QED) is 0.743. The number of piperidine rings is 1. The smallest absolute Gasteiger partial charge is 0.220 e. The van der Waals surface area contributed by atoms with E-state index in [0.717, 1.165) is 31.0 Å². The molecule has 0 aliphatic carbocycles. The van der Waals surface area contributed by atoms with E-state index in [0.29, 0.717) is 22.9 Å². The molecule has 1 amide bonds. The Balaban J connectivity index is 1.60. The summed E-state index contributed by atoms with van der Waals surface area (Å²) in [6, 6.07) is 5.41. The van der Waals surface area contributed by atoms with Crippen molar-refractivity contribution >= 4 is 29.1 Å². The maximum atomic E-state index is 11.9. The van der Waals surface area contributed by atoms with Crippen LogP contribution in [0.4, 0.5) is 0 Å². The highest BCUT2D eigenvalue weighted by molar-refractivity contribution is 6.35. The van der Waals surface area contributed by atoms with E-state index in [1.807, 2.05) is 6.07 Å². The number of amides is 1. The van der Waals surface area contributed by atoms with E-state index in [1.165, 1.54) is 25.9 Å². The van der Waals surface area contributed by atoms with Gasteiger partial charge in [0.1, 0.15) is 0 Å². The molecule has 2 rings (SSSR count). The number of rotatable bonds is 7. The second-order valence-electron chi connectivity index (χ2n) is 6.49. The van der Waals surface area contributed by atoms with Gasteiger partial charge in [-0.2, -0.15) is 0 Å². The van der Waals surface area contributed by atoms with E-state index >= 15 is 0 Å². The minimum absolute atomic E-state index is 0.0861. The van der Waals surface area contributed by atoms with Crippen molar-refractivity contribution < 1.29 is 4.79 Å². The molecule has 1 aromatic carbocycles. The maximum Gasteiger partial charge on any atom is 0.220 e. The van der Waals surface area contributed by atoms with Crippen LogP contribution in [0.15, 0.2) is 18.2 Å². The molecule has 0 unspecified atom stereocenters. The Morgan fingerprint density at radius 3 is 2.96 bits per heavy atom. The van der Waals surface area contributed by atoms with E-state index in [1.54, 1.807) is 12.1 Å². The molecule has 0 bridgehead atoms. The average Bonchev–Trinajstić information content (AvgIpc) is 2.51. The Bertz CT molecular complexity index is 522. The largest absolute Gasteiger partial charge is 0.356 e. The molecule has 0 radical (unpaired) electrons. The zero-order valence-electron chi connectivity index (χ0n) is 13.8. The lowest BCUT2D eigenvalue weighted by atomic mass is 10.0. The fraction of sp³-hybridized carbons (Fsp3) is 0.611. The van der Waals surface area contributed by atoms with Gasteiger partial charge in [0.25, 0.3) is 0 Å². The molecule has 0 aromatic heterocycles. The predicted molar refractivity (Wildman–Crippen MR) is 97.2 cm³/mol. The van der Waals surface area contributed by atoms with Gasteiger partial charge in [0.15, 0.2) is 0 Å². The lowest BCUT2D eigenvalue weighted by Gasteiger charge is -2.30. The number of likely N-dealkylation sites (tertiary alicyclic amines) is 1. The van der Waals surface area contributed by atoms with Crippen LogP contribution in [-0.2, 0) is 11.2 Å². The topological polar surface area (TPSA) is 32.3 Å². The van der Waals surface area contributed by atoms with Crippen LogP contribution in [0.2, 0.25) is 10.0 Å². The van der Waals surface area contributed by atoms with E-state index in [4.69, 9.17) is 23.2 Å². The number of halogens is 2. The Hall–Kier alpha value is -0.770. The van der Waals surface area contributed by atoms with Gasteiger partial charge in [0.05, 0.1) is 0 Å². The Labute approximate surface area is 149 Å². The zero-order chi connectivity index (χ0) is 16.7. The van der Waals surface area contributed by atoms with Gasteiger partial charge in [-0.1, -0.05) is 36.2 Å². The molecule has 3 nitrogen and oxygen atoms in total. The summed E-state index contributed by atoms with van der Waals surface area (Å²) < 4.78 is 0. The summed E-state index contributed by atoms with van der Waals surface area (Å²) in [7, 11) is 0. The molecule has 128 valence electrons. The summed E-state index contributed by atoms with van der Waals surface area (Å²) in [6.45, 7) is 6.54. The third-order valence-electron chi connectivity index (χ3n) is 4.35. The van der Waals surface area contributed by atoms with Crippen molar-refractivity contribution in [3.63, 3.8) is 0 Å². The van der Waals surface area contributed by atoms with Gasteiger partial charge < -0.3 is 10.2 Å². The van der Waals surface area contributed by atoms with Gasteiger partial charge in [-0.25, -0.2) is 0 Å². The lowest BCUT2D eigenvalue weighted by Crippen LogP contribution is -2.36. The van der Waals surface area contributed by atoms with Crippen molar-refractivity contribution in [1.82, 2.24) is 10.2 Å². The normalized spacial score (nSPS) is 18.8. The molecule has 0 spiro atoms. The number of hydrogen-bond acceptors (Lipinski definition) is 2. The highest BCUT2D eigenvalue weighted by Gasteiger charge is 2.15. The summed E-state index contributed by atoms with van der Waals surface area (Å²) >= 11 is 12.0. The van der Waals surface area contributed by atoms with Crippen molar-refractivity contribution in [2.75, 3.05) is 26.2 Å². The molecule has 1 N–H and O–H groups in total. The van der Waals surface area contributed by atoms with Crippen molar-refractivity contribution in [2.24, 2.45) is 5.92 Å². The van der Waals surface area contributed by atoms with Crippen LogP contribution in [0, 0.1) is 5.92 Å². The van der Waals surface area contributed by atoms with Gasteiger partial charge in [0.2, 0.25) is 5.91 Å². The Morgan fingerprint density at radius 1 is 1.39 bits per heavy atom. The first kappa shape index (κ1) is 18.6. The highest BCUT2D eigenvalue weighted by atomic mass is 35.5. The first-order valence-electron chi connectivity index (χ1n) is 8.47. The van der Waals surface area contributed by atoms with E-state index in [2.05, 4.69) is 17.1 Å². The Kier molecular flexibility index (Phi) is 7.68. The van der Waals surface area contributed by atoms with Crippen molar-refractivity contribution in [3.05, 3.63) is 33.8 Å². The minimum atomic E-state index is 0.0861. The number of aryl methyl sites for hydroxylation is 1.